The summed E-state index contributed by atoms with van der Waals surface area (Å²) in [5.41, 5.74) is -0.390. The summed E-state index contributed by atoms with van der Waals surface area (Å²) in [5.74, 6) is -4.82. The minimum absolute atomic E-state index is 0.0902. The Morgan fingerprint density at radius 3 is 2.57 bits per heavy atom. The van der Waals surface area contributed by atoms with E-state index in [1.54, 1.807) is 4.90 Å². The first kappa shape index (κ1) is 14.4. The zero-order valence-corrected chi connectivity index (χ0v) is 11.5. The van der Waals surface area contributed by atoms with Gasteiger partial charge >= 0.3 is 0 Å². The van der Waals surface area contributed by atoms with E-state index >= 15 is 0 Å². The first-order chi connectivity index (χ1) is 10.1. The van der Waals surface area contributed by atoms with Crippen LogP contribution in [0.3, 0.4) is 0 Å². The van der Waals surface area contributed by atoms with Crippen molar-refractivity contribution >= 4 is 5.91 Å². The van der Waals surface area contributed by atoms with E-state index in [0.29, 0.717) is 6.54 Å². The highest BCUT2D eigenvalue weighted by atomic mass is 19.2. The van der Waals surface area contributed by atoms with Crippen molar-refractivity contribution in [2.75, 3.05) is 13.1 Å². The molecule has 1 aromatic rings. The van der Waals surface area contributed by atoms with Crippen LogP contribution in [0.15, 0.2) is 12.1 Å². The molecule has 1 saturated carbocycles. The van der Waals surface area contributed by atoms with Gasteiger partial charge in [-0.1, -0.05) is 0 Å². The van der Waals surface area contributed by atoms with Crippen molar-refractivity contribution in [3.05, 3.63) is 35.1 Å². The van der Waals surface area contributed by atoms with Crippen LogP contribution >= 0.6 is 0 Å². The lowest BCUT2D eigenvalue weighted by atomic mass is 10.1. The second-order valence-electron chi connectivity index (χ2n) is 5.70. The smallest absolute Gasteiger partial charge is 0.257 e. The lowest BCUT2D eigenvalue weighted by molar-refractivity contribution is 0.0722. The van der Waals surface area contributed by atoms with Gasteiger partial charge in [0, 0.05) is 18.6 Å². The number of carbonyl (C=O) groups is 1. The number of rotatable bonds is 4. The van der Waals surface area contributed by atoms with Gasteiger partial charge in [0.05, 0.1) is 5.56 Å². The van der Waals surface area contributed by atoms with Crippen LogP contribution in [-0.2, 0) is 0 Å². The van der Waals surface area contributed by atoms with Crippen LogP contribution < -0.4 is 5.32 Å². The second kappa shape index (κ2) is 5.67. The molecule has 1 aromatic carbocycles. The molecular weight excluding hydrogens is 281 g/mol. The van der Waals surface area contributed by atoms with E-state index in [0.717, 1.165) is 44.4 Å². The monoisotopic (exact) mass is 298 g/mol. The summed E-state index contributed by atoms with van der Waals surface area (Å²) in [4.78, 5) is 14.1. The highest BCUT2D eigenvalue weighted by Crippen LogP contribution is 2.30. The van der Waals surface area contributed by atoms with E-state index in [1.807, 2.05) is 0 Å². The minimum Gasteiger partial charge on any atom is -0.334 e. The molecule has 0 radical (unpaired) electrons. The van der Waals surface area contributed by atoms with E-state index in [2.05, 4.69) is 5.32 Å². The predicted molar refractivity (Wildman–Crippen MR) is 71.4 cm³/mol. The van der Waals surface area contributed by atoms with Gasteiger partial charge in [-0.25, -0.2) is 13.2 Å². The van der Waals surface area contributed by atoms with Crippen molar-refractivity contribution in [3.8, 4) is 0 Å². The average molecular weight is 298 g/mol. The molecule has 0 spiro atoms. The number of nitrogens with zero attached hydrogens (tertiary/aromatic N) is 1. The van der Waals surface area contributed by atoms with Gasteiger partial charge in [-0.3, -0.25) is 4.79 Å². The molecule has 1 amide bonds. The van der Waals surface area contributed by atoms with Crippen LogP contribution in [0.4, 0.5) is 13.2 Å². The average Bonchev–Trinajstić information content (AvgIpc) is 3.18. The summed E-state index contributed by atoms with van der Waals surface area (Å²) in [6.07, 6.45) is 3.78. The second-order valence-corrected chi connectivity index (χ2v) is 5.70. The van der Waals surface area contributed by atoms with Gasteiger partial charge in [0.25, 0.3) is 5.91 Å². The third-order valence-electron chi connectivity index (χ3n) is 4.09. The Morgan fingerprint density at radius 1 is 1.19 bits per heavy atom. The normalized spacial score (nSPS) is 21.6. The van der Waals surface area contributed by atoms with Crippen LogP contribution in [0.5, 0.6) is 0 Å². The van der Waals surface area contributed by atoms with E-state index in [4.69, 9.17) is 0 Å². The molecule has 1 saturated heterocycles. The summed E-state index contributed by atoms with van der Waals surface area (Å²) in [6.45, 7) is 1.40. The fourth-order valence-corrected chi connectivity index (χ4v) is 2.78. The number of nitrogens with one attached hydrogen (secondary N) is 1. The SMILES string of the molecule is O=C(c1ccc(F)c(F)c1F)N(CC1CCCN1)C1CC1. The van der Waals surface area contributed by atoms with Gasteiger partial charge in [0.15, 0.2) is 17.5 Å². The van der Waals surface area contributed by atoms with Crippen LogP contribution in [-0.4, -0.2) is 36.0 Å². The summed E-state index contributed by atoms with van der Waals surface area (Å²) in [5, 5.41) is 3.29. The number of hydrogen-bond acceptors (Lipinski definition) is 2. The first-order valence-corrected chi connectivity index (χ1v) is 7.26. The Kier molecular flexibility index (Phi) is 3.89. The first-order valence-electron chi connectivity index (χ1n) is 7.26. The number of amides is 1. The Bertz CT molecular complexity index is 554. The molecule has 3 nitrogen and oxygen atoms in total. The number of hydrogen-bond donors (Lipinski definition) is 1. The van der Waals surface area contributed by atoms with E-state index in [9.17, 15) is 18.0 Å². The van der Waals surface area contributed by atoms with Crippen molar-refractivity contribution in [1.82, 2.24) is 10.2 Å². The quantitative estimate of drug-likeness (QED) is 0.866. The maximum absolute atomic E-state index is 13.8. The Balaban J connectivity index is 1.82. The Labute approximate surface area is 121 Å². The lowest BCUT2D eigenvalue weighted by Gasteiger charge is -2.26. The van der Waals surface area contributed by atoms with Gasteiger partial charge in [-0.15, -0.1) is 0 Å². The maximum atomic E-state index is 13.8. The topological polar surface area (TPSA) is 32.3 Å². The third-order valence-corrected chi connectivity index (χ3v) is 4.09. The molecule has 6 heteroatoms. The highest BCUT2D eigenvalue weighted by Gasteiger charge is 2.36. The van der Waals surface area contributed by atoms with Crippen LogP contribution in [0.25, 0.3) is 0 Å². The van der Waals surface area contributed by atoms with Crippen molar-refractivity contribution < 1.29 is 18.0 Å². The standard InChI is InChI=1S/C15H17F3N2O/c16-12-6-5-11(13(17)14(12)18)15(21)20(10-3-4-10)8-9-2-1-7-19-9/h5-6,9-10,19H,1-4,7-8H2. The van der Waals surface area contributed by atoms with E-state index in [1.165, 1.54) is 0 Å². The van der Waals surface area contributed by atoms with Crippen molar-refractivity contribution in [3.63, 3.8) is 0 Å². The molecule has 1 unspecified atom stereocenters. The molecule has 3 rings (SSSR count). The molecule has 0 aromatic heterocycles. The molecule has 2 aliphatic rings. The van der Waals surface area contributed by atoms with Crippen molar-refractivity contribution in [2.45, 2.75) is 37.8 Å². The van der Waals surface area contributed by atoms with E-state index < -0.39 is 28.9 Å². The van der Waals surface area contributed by atoms with Crippen LogP contribution in [0.1, 0.15) is 36.0 Å². The lowest BCUT2D eigenvalue weighted by Crippen LogP contribution is -2.42. The molecule has 2 fully saturated rings. The number of carbonyl (C=O) groups excluding carboxylic acids is 1. The van der Waals surface area contributed by atoms with Gasteiger partial charge in [0.2, 0.25) is 0 Å². The van der Waals surface area contributed by atoms with Crippen LogP contribution in [0.2, 0.25) is 0 Å². The summed E-state index contributed by atoms with van der Waals surface area (Å²) < 4.78 is 40.1. The molecule has 1 atom stereocenters. The Hall–Kier alpha value is -1.56. The third kappa shape index (κ3) is 2.90. The molecule has 1 aliphatic carbocycles. The molecule has 21 heavy (non-hydrogen) atoms. The van der Waals surface area contributed by atoms with Gasteiger partial charge in [0.1, 0.15) is 0 Å². The van der Waals surface area contributed by atoms with Crippen molar-refractivity contribution in [2.24, 2.45) is 0 Å². The summed E-state index contributed by atoms with van der Waals surface area (Å²) in [6, 6.07) is 2.10. The largest absolute Gasteiger partial charge is 0.334 e. The molecule has 0 bridgehead atoms. The molecule has 1 N–H and O–H groups in total. The fraction of sp³-hybridized carbons (Fsp3) is 0.533. The van der Waals surface area contributed by atoms with Crippen LogP contribution in [0, 0.1) is 17.5 Å². The number of benzene rings is 1. The van der Waals surface area contributed by atoms with E-state index in [-0.39, 0.29) is 12.1 Å². The van der Waals surface area contributed by atoms with Gasteiger partial charge < -0.3 is 10.2 Å². The fourth-order valence-electron chi connectivity index (χ4n) is 2.78. The zero-order chi connectivity index (χ0) is 15.0. The van der Waals surface area contributed by atoms with Gasteiger partial charge in [-0.05, 0) is 44.4 Å². The zero-order valence-electron chi connectivity index (χ0n) is 11.5. The highest BCUT2D eigenvalue weighted by molar-refractivity contribution is 5.95. The van der Waals surface area contributed by atoms with Crippen molar-refractivity contribution in [1.29, 1.82) is 0 Å². The summed E-state index contributed by atoms with van der Waals surface area (Å²) in [7, 11) is 0. The van der Waals surface area contributed by atoms with Gasteiger partial charge in [-0.2, -0.15) is 0 Å². The molecule has 114 valence electrons. The maximum Gasteiger partial charge on any atom is 0.257 e. The number of halogens is 3. The Morgan fingerprint density at radius 2 is 1.95 bits per heavy atom. The molecule has 1 heterocycles. The molecule has 1 aliphatic heterocycles. The molecular formula is C15H17F3N2O. The predicted octanol–water partition coefficient (Wildman–Crippen LogP) is 2.46. The minimum atomic E-state index is -1.59. The summed E-state index contributed by atoms with van der Waals surface area (Å²) >= 11 is 0.